The highest BCUT2D eigenvalue weighted by Crippen LogP contribution is 2.19. The SMILES string of the molecule is CCCN(CC1CCNCC1)C(CC)Cc1ccccc1. The molecule has 0 saturated carbocycles. The van der Waals surface area contributed by atoms with Gasteiger partial charge < -0.3 is 5.32 Å². The van der Waals surface area contributed by atoms with E-state index in [1.54, 1.807) is 0 Å². The van der Waals surface area contributed by atoms with Crippen LogP contribution in [0.2, 0.25) is 0 Å². The summed E-state index contributed by atoms with van der Waals surface area (Å²) in [5.74, 6) is 0.891. The molecule has 1 saturated heterocycles. The molecule has 2 nitrogen and oxygen atoms in total. The highest BCUT2D eigenvalue weighted by Gasteiger charge is 2.21. The van der Waals surface area contributed by atoms with Gasteiger partial charge in [0.2, 0.25) is 0 Å². The fraction of sp³-hybridized carbons (Fsp3) is 0.684. The van der Waals surface area contributed by atoms with E-state index in [0.29, 0.717) is 6.04 Å². The molecule has 1 aliphatic rings. The van der Waals surface area contributed by atoms with Gasteiger partial charge in [-0.15, -0.1) is 0 Å². The molecular weight excluding hydrogens is 256 g/mol. The zero-order valence-corrected chi connectivity index (χ0v) is 13.9. The summed E-state index contributed by atoms with van der Waals surface area (Å²) in [4.78, 5) is 2.77. The van der Waals surface area contributed by atoms with Gasteiger partial charge in [0, 0.05) is 12.6 Å². The molecule has 1 fully saturated rings. The normalized spacial score (nSPS) is 18.0. The first-order chi connectivity index (χ1) is 10.3. The second-order valence-electron chi connectivity index (χ2n) is 6.44. The Balaban J connectivity index is 1.95. The summed E-state index contributed by atoms with van der Waals surface area (Å²) in [6.07, 6.45) is 6.41. The summed E-state index contributed by atoms with van der Waals surface area (Å²) in [5.41, 5.74) is 1.48. The van der Waals surface area contributed by atoms with Gasteiger partial charge in [-0.05, 0) is 63.2 Å². The summed E-state index contributed by atoms with van der Waals surface area (Å²) in [6, 6.07) is 11.7. The minimum Gasteiger partial charge on any atom is -0.317 e. The summed E-state index contributed by atoms with van der Waals surface area (Å²) in [5, 5.41) is 3.48. The molecule has 1 aromatic carbocycles. The molecule has 0 aliphatic carbocycles. The van der Waals surface area contributed by atoms with Crippen molar-refractivity contribution in [2.75, 3.05) is 26.2 Å². The van der Waals surface area contributed by atoms with E-state index < -0.39 is 0 Å². The van der Waals surface area contributed by atoms with E-state index in [9.17, 15) is 0 Å². The van der Waals surface area contributed by atoms with Crippen LogP contribution in [0.25, 0.3) is 0 Å². The zero-order valence-electron chi connectivity index (χ0n) is 13.9. The highest BCUT2D eigenvalue weighted by atomic mass is 15.2. The van der Waals surface area contributed by atoms with Crippen LogP contribution in [0.1, 0.15) is 45.1 Å². The molecule has 0 bridgehead atoms. The molecule has 1 heterocycles. The minimum absolute atomic E-state index is 0.697. The Morgan fingerprint density at radius 1 is 1.14 bits per heavy atom. The third-order valence-corrected chi connectivity index (χ3v) is 4.76. The maximum absolute atomic E-state index is 3.48. The summed E-state index contributed by atoms with van der Waals surface area (Å²) in [6.45, 7) is 9.61. The van der Waals surface area contributed by atoms with Crippen LogP contribution in [0, 0.1) is 5.92 Å². The van der Waals surface area contributed by atoms with Crippen molar-refractivity contribution in [1.29, 1.82) is 0 Å². The predicted octanol–water partition coefficient (Wildman–Crippen LogP) is 3.72. The van der Waals surface area contributed by atoms with Crippen LogP contribution < -0.4 is 5.32 Å². The quantitative estimate of drug-likeness (QED) is 0.784. The van der Waals surface area contributed by atoms with Crippen LogP contribution in [0.15, 0.2) is 30.3 Å². The van der Waals surface area contributed by atoms with Gasteiger partial charge in [-0.3, -0.25) is 4.90 Å². The fourth-order valence-corrected chi connectivity index (χ4v) is 3.52. The molecule has 1 unspecified atom stereocenters. The van der Waals surface area contributed by atoms with Crippen molar-refractivity contribution in [2.45, 2.75) is 52.0 Å². The second kappa shape index (κ2) is 9.22. The van der Waals surface area contributed by atoms with E-state index in [-0.39, 0.29) is 0 Å². The third-order valence-electron chi connectivity index (χ3n) is 4.76. The van der Waals surface area contributed by atoms with Gasteiger partial charge in [0.25, 0.3) is 0 Å². The Morgan fingerprint density at radius 3 is 2.48 bits per heavy atom. The van der Waals surface area contributed by atoms with Crippen molar-refractivity contribution < 1.29 is 0 Å². The van der Waals surface area contributed by atoms with Gasteiger partial charge in [0.15, 0.2) is 0 Å². The predicted molar refractivity (Wildman–Crippen MR) is 91.7 cm³/mol. The molecule has 0 aromatic heterocycles. The molecule has 0 spiro atoms. The van der Waals surface area contributed by atoms with E-state index in [4.69, 9.17) is 0 Å². The molecule has 1 aliphatic heterocycles. The molecule has 118 valence electrons. The van der Waals surface area contributed by atoms with Gasteiger partial charge in [0.1, 0.15) is 0 Å². The van der Waals surface area contributed by atoms with Gasteiger partial charge in [-0.1, -0.05) is 44.2 Å². The van der Waals surface area contributed by atoms with Crippen molar-refractivity contribution in [3.05, 3.63) is 35.9 Å². The van der Waals surface area contributed by atoms with Crippen molar-refractivity contribution in [3.8, 4) is 0 Å². The topological polar surface area (TPSA) is 15.3 Å². The van der Waals surface area contributed by atoms with Crippen LogP contribution in [-0.4, -0.2) is 37.1 Å². The fourth-order valence-electron chi connectivity index (χ4n) is 3.52. The first kappa shape index (κ1) is 16.5. The van der Waals surface area contributed by atoms with Crippen LogP contribution in [-0.2, 0) is 6.42 Å². The Bertz CT molecular complexity index is 370. The summed E-state index contributed by atoms with van der Waals surface area (Å²) >= 11 is 0. The average molecular weight is 288 g/mol. The van der Waals surface area contributed by atoms with Gasteiger partial charge >= 0.3 is 0 Å². The molecule has 0 radical (unpaired) electrons. The molecule has 2 heteroatoms. The van der Waals surface area contributed by atoms with E-state index >= 15 is 0 Å². The second-order valence-corrected chi connectivity index (χ2v) is 6.44. The Kier molecular flexibility index (Phi) is 7.25. The van der Waals surface area contributed by atoms with E-state index in [1.165, 1.54) is 63.8 Å². The number of hydrogen-bond acceptors (Lipinski definition) is 2. The molecule has 0 amide bonds. The number of rotatable bonds is 8. The Labute approximate surface area is 130 Å². The Morgan fingerprint density at radius 2 is 1.86 bits per heavy atom. The first-order valence-electron chi connectivity index (χ1n) is 8.82. The molecule has 2 rings (SSSR count). The zero-order chi connectivity index (χ0) is 14.9. The highest BCUT2D eigenvalue weighted by molar-refractivity contribution is 5.15. The lowest BCUT2D eigenvalue weighted by atomic mass is 9.95. The summed E-state index contributed by atoms with van der Waals surface area (Å²) < 4.78 is 0. The monoisotopic (exact) mass is 288 g/mol. The lowest BCUT2D eigenvalue weighted by molar-refractivity contribution is 0.146. The number of nitrogens with one attached hydrogen (secondary N) is 1. The van der Waals surface area contributed by atoms with Gasteiger partial charge in [-0.2, -0.15) is 0 Å². The third kappa shape index (κ3) is 5.44. The number of piperidine rings is 1. The van der Waals surface area contributed by atoms with Crippen molar-refractivity contribution in [1.82, 2.24) is 10.2 Å². The number of hydrogen-bond donors (Lipinski definition) is 1. The van der Waals surface area contributed by atoms with Crippen LogP contribution in [0.3, 0.4) is 0 Å². The smallest absolute Gasteiger partial charge is 0.0133 e. The number of nitrogens with zero attached hydrogens (tertiary/aromatic N) is 1. The van der Waals surface area contributed by atoms with Crippen molar-refractivity contribution in [3.63, 3.8) is 0 Å². The van der Waals surface area contributed by atoms with E-state index in [2.05, 4.69) is 54.4 Å². The molecule has 1 atom stereocenters. The lowest BCUT2D eigenvalue weighted by Gasteiger charge is -2.35. The largest absolute Gasteiger partial charge is 0.317 e. The van der Waals surface area contributed by atoms with Gasteiger partial charge in [0.05, 0.1) is 0 Å². The van der Waals surface area contributed by atoms with Crippen molar-refractivity contribution >= 4 is 0 Å². The van der Waals surface area contributed by atoms with Crippen molar-refractivity contribution in [2.24, 2.45) is 5.92 Å². The average Bonchev–Trinajstić information content (AvgIpc) is 2.54. The van der Waals surface area contributed by atoms with E-state index in [0.717, 1.165) is 5.92 Å². The first-order valence-corrected chi connectivity index (χ1v) is 8.82. The van der Waals surface area contributed by atoms with Crippen LogP contribution >= 0.6 is 0 Å². The van der Waals surface area contributed by atoms with E-state index in [1.807, 2.05) is 0 Å². The molecule has 1 N–H and O–H groups in total. The van der Waals surface area contributed by atoms with Crippen LogP contribution in [0.5, 0.6) is 0 Å². The standard InChI is InChI=1S/C19H32N2/c1-3-14-21(16-18-10-12-20-13-11-18)19(4-2)15-17-8-6-5-7-9-17/h5-9,18-20H,3-4,10-16H2,1-2H3. The van der Waals surface area contributed by atoms with Crippen LogP contribution in [0.4, 0.5) is 0 Å². The maximum atomic E-state index is 3.48. The lowest BCUT2D eigenvalue weighted by Crippen LogP contribution is -2.42. The summed E-state index contributed by atoms with van der Waals surface area (Å²) in [7, 11) is 0. The maximum Gasteiger partial charge on any atom is 0.0133 e. The van der Waals surface area contributed by atoms with Gasteiger partial charge in [-0.25, -0.2) is 0 Å². The minimum atomic E-state index is 0.697. The molecular formula is C19H32N2. The molecule has 1 aromatic rings. The number of benzene rings is 1. The molecule has 21 heavy (non-hydrogen) atoms. The Hall–Kier alpha value is -0.860.